The maximum Gasteiger partial charge on any atom is 0.309 e. The van der Waals surface area contributed by atoms with E-state index in [0.717, 1.165) is 5.01 Å². The Labute approximate surface area is 133 Å². The minimum atomic E-state index is -0.847. The van der Waals surface area contributed by atoms with E-state index in [-0.39, 0.29) is 11.8 Å². The molecule has 0 unspecified atom stereocenters. The third kappa shape index (κ3) is 2.62. The number of carboxylic acids is 1. The summed E-state index contributed by atoms with van der Waals surface area (Å²) in [5, 5.41) is 14.1. The van der Waals surface area contributed by atoms with Crippen LogP contribution in [0.5, 0.6) is 0 Å². The first-order valence-corrected chi connectivity index (χ1v) is 8.01. The molecule has 0 amide bonds. The van der Waals surface area contributed by atoms with Crippen LogP contribution in [0.4, 0.5) is 0 Å². The van der Waals surface area contributed by atoms with E-state index >= 15 is 0 Å². The van der Waals surface area contributed by atoms with Gasteiger partial charge in [-0.1, -0.05) is 42.5 Å². The predicted molar refractivity (Wildman–Crippen MR) is 89.5 cm³/mol. The van der Waals surface area contributed by atoms with Gasteiger partial charge in [-0.3, -0.25) is 4.79 Å². The molecule has 0 spiro atoms. The van der Waals surface area contributed by atoms with Crippen LogP contribution in [0.2, 0.25) is 0 Å². The second kappa shape index (κ2) is 5.54. The van der Waals surface area contributed by atoms with Crippen molar-refractivity contribution in [2.75, 3.05) is 0 Å². The molecule has 0 bridgehead atoms. The van der Waals surface area contributed by atoms with Crippen LogP contribution >= 0.6 is 11.3 Å². The Morgan fingerprint density at radius 2 is 1.91 bits per heavy atom. The van der Waals surface area contributed by atoms with E-state index in [4.69, 9.17) is 5.11 Å². The summed E-state index contributed by atoms with van der Waals surface area (Å²) in [6.07, 6.45) is -0.0257. The Hall–Kier alpha value is -2.20. The molecule has 0 radical (unpaired) electrons. The molecule has 3 aromatic rings. The zero-order valence-electron chi connectivity index (χ0n) is 12.5. The van der Waals surface area contributed by atoms with E-state index < -0.39 is 5.97 Å². The number of aromatic nitrogens is 1. The number of carboxylic acid groups (broad SMARTS) is 1. The number of hydrogen-bond acceptors (Lipinski definition) is 3. The molecule has 0 saturated carbocycles. The third-order valence-corrected chi connectivity index (χ3v) is 5.10. The lowest BCUT2D eigenvalue weighted by Crippen LogP contribution is -2.19. The van der Waals surface area contributed by atoms with Crippen molar-refractivity contribution in [1.82, 2.24) is 4.98 Å². The SMILES string of the molecule is CC(C)(c1nc(CC(=O)O)cs1)c1cccc2ccccc12. The standard InChI is InChI=1S/C18H17NO2S/c1-18(2,17-19-13(11-22-17)10-16(20)21)15-9-5-7-12-6-3-4-8-14(12)15/h3-9,11H,10H2,1-2H3,(H,20,21). The normalized spacial score (nSPS) is 11.7. The second-order valence-electron chi connectivity index (χ2n) is 5.87. The van der Waals surface area contributed by atoms with E-state index in [1.165, 1.54) is 27.7 Å². The van der Waals surface area contributed by atoms with Gasteiger partial charge in [0.15, 0.2) is 0 Å². The minimum Gasteiger partial charge on any atom is -0.481 e. The summed E-state index contributed by atoms with van der Waals surface area (Å²) in [7, 11) is 0. The molecular weight excluding hydrogens is 294 g/mol. The van der Waals surface area contributed by atoms with Gasteiger partial charge in [-0.05, 0) is 30.2 Å². The summed E-state index contributed by atoms with van der Waals surface area (Å²) in [5.41, 5.74) is 1.57. The van der Waals surface area contributed by atoms with Gasteiger partial charge in [0.2, 0.25) is 0 Å². The summed E-state index contributed by atoms with van der Waals surface area (Å²) in [4.78, 5) is 15.4. The molecule has 1 aromatic heterocycles. The predicted octanol–water partition coefficient (Wildman–Crippen LogP) is 4.25. The second-order valence-corrected chi connectivity index (χ2v) is 6.72. The topological polar surface area (TPSA) is 50.2 Å². The van der Waals surface area contributed by atoms with Gasteiger partial charge >= 0.3 is 5.97 Å². The maximum atomic E-state index is 10.8. The minimum absolute atomic E-state index is 0.0257. The summed E-state index contributed by atoms with van der Waals surface area (Å²) >= 11 is 1.53. The first kappa shape index (κ1) is 14.7. The van der Waals surface area contributed by atoms with Crippen molar-refractivity contribution in [1.29, 1.82) is 0 Å². The molecule has 0 atom stereocenters. The van der Waals surface area contributed by atoms with Crippen LogP contribution in [0, 0.1) is 0 Å². The molecule has 0 aliphatic carbocycles. The molecule has 0 fully saturated rings. The summed E-state index contributed by atoms with van der Waals surface area (Å²) in [6, 6.07) is 14.6. The van der Waals surface area contributed by atoms with Crippen LogP contribution in [0.1, 0.15) is 30.1 Å². The number of nitrogens with zero attached hydrogens (tertiary/aromatic N) is 1. The number of carbonyl (C=O) groups is 1. The van der Waals surface area contributed by atoms with Crippen molar-refractivity contribution in [3.63, 3.8) is 0 Å². The van der Waals surface area contributed by atoms with Crippen molar-refractivity contribution in [2.45, 2.75) is 25.7 Å². The Kier molecular flexibility index (Phi) is 3.71. The van der Waals surface area contributed by atoms with Crippen molar-refractivity contribution in [3.8, 4) is 0 Å². The average Bonchev–Trinajstić information content (AvgIpc) is 2.95. The smallest absolute Gasteiger partial charge is 0.309 e. The van der Waals surface area contributed by atoms with E-state index in [2.05, 4.69) is 49.2 Å². The van der Waals surface area contributed by atoms with Crippen LogP contribution in [0.15, 0.2) is 47.8 Å². The fourth-order valence-corrected chi connectivity index (χ4v) is 3.67. The Bertz CT molecular complexity index is 830. The molecule has 3 rings (SSSR count). The van der Waals surface area contributed by atoms with Crippen LogP contribution in [0.25, 0.3) is 10.8 Å². The summed E-state index contributed by atoms with van der Waals surface area (Å²) < 4.78 is 0. The van der Waals surface area contributed by atoms with Gasteiger partial charge in [-0.25, -0.2) is 4.98 Å². The highest BCUT2D eigenvalue weighted by molar-refractivity contribution is 7.09. The Morgan fingerprint density at radius 3 is 2.68 bits per heavy atom. The quantitative estimate of drug-likeness (QED) is 0.783. The van der Waals surface area contributed by atoms with E-state index in [1.807, 2.05) is 17.5 Å². The highest BCUT2D eigenvalue weighted by Crippen LogP contribution is 2.37. The highest BCUT2D eigenvalue weighted by atomic mass is 32.1. The lowest BCUT2D eigenvalue weighted by atomic mass is 9.82. The molecule has 4 heteroatoms. The van der Waals surface area contributed by atoms with Crippen molar-refractivity contribution >= 4 is 28.1 Å². The fourth-order valence-electron chi connectivity index (χ4n) is 2.72. The lowest BCUT2D eigenvalue weighted by molar-refractivity contribution is -0.136. The number of thiazole rings is 1. The molecule has 22 heavy (non-hydrogen) atoms. The first-order valence-electron chi connectivity index (χ1n) is 7.13. The number of rotatable bonds is 4. The highest BCUT2D eigenvalue weighted by Gasteiger charge is 2.28. The number of fused-ring (bicyclic) bond motifs is 1. The average molecular weight is 311 g/mol. The van der Waals surface area contributed by atoms with Crippen LogP contribution in [-0.2, 0) is 16.6 Å². The number of benzene rings is 2. The van der Waals surface area contributed by atoms with E-state index in [9.17, 15) is 4.79 Å². The van der Waals surface area contributed by atoms with Crippen LogP contribution < -0.4 is 0 Å². The summed E-state index contributed by atoms with van der Waals surface area (Å²) in [6.45, 7) is 4.27. The van der Waals surface area contributed by atoms with Gasteiger partial charge in [0, 0.05) is 10.8 Å². The largest absolute Gasteiger partial charge is 0.481 e. The van der Waals surface area contributed by atoms with Crippen LogP contribution in [0.3, 0.4) is 0 Å². The van der Waals surface area contributed by atoms with E-state index in [1.54, 1.807) is 0 Å². The van der Waals surface area contributed by atoms with Crippen molar-refractivity contribution in [3.05, 3.63) is 64.1 Å². The molecular formula is C18H17NO2S. The first-order chi connectivity index (χ1) is 10.5. The molecule has 2 aromatic carbocycles. The molecule has 0 aliphatic rings. The lowest BCUT2D eigenvalue weighted by Gasteiger charge is -2.24. The van der Waals surface area contributed by atoms with Gasteiger partial charge in [-0.15, -0.1) is 11.3 Å². The van der Waals surface area contributed by atoms with Crippen molar-refractivity contribution < 1.29 is 9.90 Å². The fraction of sp³-hybridized carbons (Fsp3) is 0.222. The molecule has 3 nitrogen and oxygen atoms in total. The van der Waals surface area contributed by atoms with E-state index in [0.29, 0.717) is 5.69 Å². The third-order valence-electron chi connectivity index (χ3n) is 3.88. The van der Waals surface area contributed by atoms with Gasteiger partial charge in [0.25, 0.3) is 0 Å². The molecule has 1 N–H and O–H groups in total. The van der Waals surface area contributed by atoms with Crippen LogP contribution in [-0.4, -0.2) is 16.1 Å². The monoisotopic (exact) mass is 311 g/mol. The summed E-state index contributed by atoms with van der Waals surface area (Å²) in [5.74, 6) is -0.847. The molecule has 0 aliphatic heterocycles. The van der Waals surface area contributed by atoms with Gasteiger partial charge in [-0.2, -0.15) is 0 Å². The van der Waals surface area contributed by atoms with Gasteiger partial charge in [0.05, 0.1) is 12.1 Å². The molecule has 1 heterocycles. The molecule has 112 valence electrons. The maximum absolute atomic E-state index is 10.8. The Morgan fingerprint density at radius 1 is 1.18 bits per heavy atom. The van der Waals surface area contributed by atoms with Gasteiger partial charge < -0.3 is 5.11 Å². The van der Waals surface area contributed by atoms with Crippen molar-refractivity contribution in [2.24, 2.45) is 0 Å². The number of hydrogen-bond donors (Lipinski definition) is 1. The number of aliphatic carboxylic acids is 1. The zero-order valence-corrected chi connectivity index (χ0v) is 13.4. The Balaban J connectivity index is 2.08. The van der Waals surface area contributed by atoms with Gasteiger partial charge in [0.1, 0.15) is 5.01 Å². The zero-order chi connectivity index (χ0) is 15.7. The molecule has 0 saturated heterocycles.